The average molecular weight is 303 g/mol. The van der Waals surface area contributed by atoms with E-state index in [4.69, 9.17) is 0 Å². The zero-order valence-electron chi connectivity index (χ0n) is 12.7. The van der Waals surface area contributed by atoms with Crippen LogP contribution in [0.25, 0.3) is 0 Å². The molecule has 116 valence electrons. The van der Waals surface area contributed by atoms with Gasteiger partial charge in [-0.2, -0.15) is 0 Å². The van der Waals surface area contributed by atoms with Crippen LogP contribution in [0.2, 0.25) is 0 Å². The van der Waals surface area contributed by atoms with Crippen molar-refractivity contribution in [3.05, 3.63) is 53.3 Å². The zero-order chi connectivity index (χ0) is 16.4. The highest BCUT2D eigenvalue weighted by Crippen LogP contribution is 2.33. The van der Waals surface area contributed by atoms with Crippen molar-refractivity contribution in [2.75, 3.05) is 11.9 Å². The summed E-state index contributed by atoms with van der Waals surface area (Å²) in [6.45, 7) is 3.74. The largest absolute Gasteiger partial charge is 0.508 e. The molecule has 4 nitrogen and oxygen atoms in total. The lowest BCUT2D eigenvalue weighted by Gasteiger charge is -2.19. The smallest absolute Gasteiger partial charge is 0.261 e. The number of anilines is 1. The molecule has 2 aromatic rings. The Kier molecular flexibility index (Phi) is 4.35. The molecule has 0 aliphatic heterocycles. The number of carbonyl (C=O) groups excluding carboxylic acids is 1. The predicted molar refractivity (Wildman–Crippen MR) is 83.0 cm³/mol. The zero-order valence-corrected chi connectivity index (χ0v) is 12.7. The molecule has 2 aromatic carbocycles. The molecule has 0 bridgehead atoms. The van der Waals surface area contributed by atoms with Gasteiger partial charge in [0.1, 0.15) is 17.3 Å². The highest BCUT2D eigenvalue weighted by atomic mass is 19.1. The Balaban J connectivity index is 2.43. The number of nitrogens with zero attached hydrogens (tertiary/aromatic N) is 1. The SMILES string of the molecule is CC(C)c1cc(C(=O)N(C)c2cccc(F)c2)c(O)cc1O. The summed E-state index contributed by atoms with van der Waals surface area (Å²) in [6, 6.07) is 8.25. The second kappa shape index (κ2) is 6.05. The van der Waals surface area contributed by atoms with E-state index in [9.17, 15) is 19.4 Å². The second-order valence-electron chi connectivity index (χ2n) is 5.43. The molecule has 0 aliphatic carbocycles. The number of halogens is 1. The van der Waals surface area contributed by atoms with Crippen LogP contribution < -0.4 is 4.90 Å². The molecule has 0 radical (unpaired) electrons. The highest BCUT2D eigenvalue weighted by Gasteiger charge is 2.20. The first-order chi connectivity index (χ1) is 10.3. The van der Waals surface area contributed by atoms with Crippen molar-refractivity contribution < 1.29 is 19.4 Å². The van der Waals surface area contributed by atoms with Crippen LogP contribution in [-0.4, -0.2) is 23.2 Å². The number of phenols is 2. The van der Waals surface area contributed by atoms with Crippen LogP contribution in [0.4, 0.5) is 10.1 Å². The Bertz CT molecular complexity index is 713. The minimum absolute atomic E-state index is 0.00775. The number of amides is 1. The van der Waals surface area contributed by atoms with Gasteiger partial charge in [0.05, 0.1) is 5.56 Å². The monoisotopic (exact) mass is 303 g/mol. The van der Waals surface area contributed by atoms with Crippen molar-refractivity contribution in [2.45, 2.75) is 19.8 Å². The maximum atomic E-state index is 13.3. The second-order valence-corrected chi connectivity index (χ2v) is 5.43. The summed E-state index contributed by atoms with van der Waals surface area (Å²) >= 11 is 0. The summed E-state index contributed by atoms with van der Waals surface area (Å²) in [7, 11) is 1.50. The van der Waals surface area contributed by atoms with E-state index in [0.717, 1.165) is 6.07 Å². The van der Waals surface area contributed by atoms with Crippen molar-refractivity contribution in [3.63, 3.8) is 0 Å². The van der Waals surface area contributed by atoms with Gasteiger partial charge in [-0.1, -0.05) is 19.9 Å². The molecule has 0 unspecified atom stereocenters. The van der Waals surface area contributed by atoms with Gasteiger partial charge in [0.15, 0.2) is 0 Å². The van der Waals surface area contributed by atoms with Gasteiger partial charge in [-0.25, -0.2) is 4.39 Å². The molecule has 22 heavy (non-hydrogen) atoms. The maximum absolute atomic E-state index is 13.3. The molecule has 2 N–H and O–H groups in total. The van der Waals surface area contributed by atoms with E-state index in [-0.39, 0.29) is 23.0 Å². The number of hydrogen-bond acceptors (Lipinski definition) is 3. The van der Waals surface area contributed by atoms with Gasteiger partial charge >= 0.3 is 0 Å². The molecule has 0 saturated carbocycles. The fourth-order valence-electron chi connectivity index (χ4n) is 2.21. The van der Waals surface area contributed by atoms with Crippen molar-refractivity contribution >= 4 is 11.6 Å². The van der Waals surface area contributed by atoms with E-state index in [0.29, 0.717) is 11.3 Å². The first-order valence-electron chi connectivity index (χ1n) is 6.90. The van der Waals surface area contributed by atoms with Crippen LogP contribution in [0, 0.1) is 5.82 Å². The summed E-state index contributed by atoms with van der Waals surface area (Å²) in [5, 5.41) is 19.8. The number of benzene rings is 2. The van der Waals surface area contributed by atoms with Crippen molar-refractivity contribution in [1.29, 1.82) is 0 Å². The Hall–Kier alpha value is -2.56. The lowest BCUT2D eigenvalue weighted by molar-refractivity contribution is 0.0990. The van der Waals surface area contributed by atoms with Crippen LogP contribution in [0.5, 0.6) is 11.5 Å². The Morgan fingerprint density at radius 2 is 1.82 bits per heavy atom. The third kappa shape index (κ3) is 3.03. The maximum Gasteiger partial charge on any atom is 0.261 e. The van der Waals surface area contributed by atoms with Gasteiger partial charge in [0.2, 0.25) is 0 Å². The molecule has 0 spiro atoms. The molecule has 1 amide bonds. The third-order valence-electron chi connectivity index (χ3n) is 3.50. The lowest BCUT2D eigenvalue weighted by atomic mass is 9.98. The van der Waals surface area contributed by atoms with E-state index in [1.807, 2.05) is 13.8 Å². The van der Waals surface area contributed by atoms with Gasteiger partial charge in [0, 0.05) is 18.8 Å². The number of phenolic OH excluding ortho intramolecular Hbond substituents is 2. The normalized spacial score (nSPS) is 10.8. The molecule has 2 rings (SSSR count). The first-order valence-corrected chi connectivity index (χ1v) is 6.90. The van der Waals surface area contributed by atoms with Crippen LogP contribution in [-0.2, 0) is 0 Å². The first kappa shape index (κ1) is 15.8. The molecule has 0 saturated heterocycles. The standard InChI is InChI=1S/C17H18FNO3/c1-10(2)13-8-14(16(21)9-15(13)20)17(22)19(3)12-6-4-5-11(18)7-12/h4-10,20-21H,1-3H3. The molecular weight excluding hydrogens is 285 g/mol. The Morgan fingerprint density at radius 3 is 2.41 bits per heavy atom. The minimum atomic E-state index is -0.481. The Morgan fingerprint density at radius 1 is 1.14 bits per heavy atom. The summed E-state index contributed by atoms with van der Waals surface area (Å²) in [5.41, 5.74) is 1.01. The fourth-order valence-corrected chi connectivity index (χ4v) is 2.21. The summed E-state index contributed by atoms with van der Waals surface area (Å²) in [5.74, 6) is -1.31. The van der Waals surface area contributed by atoms with Gasteiger partial charge < -0.3 is 15.1 Å². The lowest BCUT2D eigenvalue weighted by Crippen LogP contribution is -2.26. The quantitative estimate of drug-likeness (QED) is 0.910. The Labute approximate surface area is 128 Å². The summed E-state index contributed by atoms with van der Waals surface area (Å²) in [4.78, 5) is 13.8. The van der Waals surface area contributed by atoms with Crippen LogP contribution >= 0.6 is 0 Å². The highest BCUT2D eigenvalue weighted by molar-refractivity contribution is 6.07. The van der Waals surface area contributed by atoms with Gasteiger partial charge in [0.25, 0.3) is 5.91 Å². The molecule has 5 heteroatoms. The predicted octanol–water partition coefficient (Wildman–Crippen LogP) is 3.64. The van der Waals surface area contributed by atoms with Gasteiger partial charge in [-0.15, -0.1) is 0 Å². The van der Waals surface area contributed by atoms with Crippen LogP contribution in [0.1, 0.15) is 35.7 Å². The number of rotatable bonds is 3. The summed E-state index contributed by atoms with van der Waals surface area (Å²) in [6.07, 6.45) is 0. The van der Waals surface area contributed by atoms with E-state index < -0.39 is 11.7 Å². The van der Waals surface area contributed by atoms with Crippen LogP contribution in [0.15, 0.2) is 36.4 Å². The minimum Gasteiger partial charge on any atom is -0.508 e. The molecule has 0 aromatic heterocycles. The molecule has 0 heterocycles. The fraction of sp³-hybridized carbons (Fsp3) is 0.235. The van der Waals surface area contributed by atoms with Crippen molar-refractivity contribution in [1.82, 2.24) is 0 Å². The van der Waals surface area contributed by atoms with Gasteiger partial charge in [-0.3, -0.25) is 4.79 Å². The molecule has 0 atom stereocenters. The summed E-state index contributed by atoms with van der Waals surface area (Å²) < 4.78 is 13.3. The molecule has 0 aliphatic rings. The van der Waals surface area contributed by atoms with E-state index in [2.05, 4.69) is 0 Å². The van der Waals surface area contributed by atoms with Crippen LogP contribution in [0.3, 0.4) is 0 Å². The third-order valence-corrected chi connectivity index (χ3v) is 3.50. The van der Waals surface area contributed by atoms with E-state index in [1.54, 1.807) is 6.07 Å². The number of hydrogen-bond donors (Lipinski definition) is 2. The molecule has 0 fully saturated rings. The van der Waals surface area contributed by atoms with Crippen molar-refractivity contribution in [2.24, 2.45) is 0 Å². The topological polar surface area (TPSA) is 60.8 Å². The average Bonchev–Trinajstić information content (AvgIpc) is 2.45. The van der Waals surface area contributed by atoms with E-state index in [1.165, 1.54) is 36.2 Å². The van der Waals surface area contributed by atoms with Crippen molar-refractivity contribution in [3.8, 4) is 11.5 Å². The molecular formula is C17H18FNO3. The van der Waals surface area contributed by atoms with E-state index >= 15 is 0 Å². The van der Waals surface area contributed by atoms with Gasteiger partial charge in [-0.05, 0) is 35.7 Å². The number of carbonyl (C=O) groups is 1. The number of aromatic hydroxyl groups is 2.